The Kier molecular flexibility index (Phi) is 6.55. The lowest BCUT2D eigenvalue weighted by Gasteiger charge is -2.22. The normalized spacial score (nSPS) is 10.9. The molecular formula is C18H22Cl2N2OS. The van der Waals surface area contributed by atoms with Gasteiger partial charge in [0.1, 0.15) is 0 Å². The Morgan fingerprint density at radius 1 is 1.21 bits per heavy atom. The van der Waals surface area contributed by atoms with E-state index in [4.69, 9.17) is 28.9 Å². The fourth-order valence-electron chi connectivity index (χ4n) is 2.81. The monoisotopic (exact) mass is 384 g/mol. The Hall–Kier alpha value is -1.23. The van der Waals surface area contributed by atoms with Gasteiger partial charge in [-0.1, -0.05) is 43.1 Å². The number of hydrogen-bond donors (Lipinski definition) is 1. The van der Waals surface area contributed by atoms with Crippen LogP contribution in [0.15, 0.2) is 18.2 Å². The number of halogens is 2. The first-order valence-electron chi connectivity index (χ1n) is 8.04. The van der Waals surface area contributed by atoms with Crippen LogP contribution < -0.4 is 5.73 Å². The molecule has 0 spiro atoms. The molecule has 0 saturated carbocycles. The highest BCUT2D eigenvalue weighted by Gasteiger charge is 2.26. The van der Waals surface area contributed by atoms with Gasteiger partial charge in [0.15, 0.2) is 0 Å². The van der Waals surface area contributed by atoms with E-state index in [0.717, 1.165) is 41.9 Å². The maximum Gasteiger partial charge on any atom is 0.257 e. The number of amides is 1. The number of carbonyl (C=O) groups excluding carboxylic acids is 1. The summed E-state index contributed by atoms with van der Waals surface area (Å²) in [7, 11) is 0. The van der Waals surface area contributed by atoms with Gasteiger partial charge < -0.3 is 10.6 Å². The van der Waals surface area contributed by atoms with Crippen molar-refractivity contribution in [1.29, 1.82) is 0 Å². The van der Waals surface area contributed by atoms with Crippen LogP contribution in [0.3, 0.4) is 0 Å². The molecule has 0 aliphatic heterocycles. The van der Waals surface area contributed by atoms with Crippen molar-refractivity contribution in [1.82, 2.24) is 4.90 Å². The lowest BCUT2D eigenvalue weighted by atomic mass is 10.00. The van der Waals surface area contributed by atoms with Gasteiger partial charge in [-0.3, -0.25) is 4.79 Å². The molecule has 1 aromatic heterocycles. The fraction of sp³-hybridized carbons (Fsp3) is 0.389. The minimum Gasteiger partial charge on any atom is -0.390 e. The molecule has 0 aliphatic carbocycles. The predicted octanol–water partition coefficient (Wildman–Crippen LogP) is 5.87. The van der Waals surface area contributed by atoms with Crippen LogP contribution in [0.2, 0.25) is 10.0 Å². The van der Waals surface area contributed by atoms with Crippen LogP contribution >= 0.6 is 34.5 Å². The van der Waals surface area contributed by atoms with Crippen molar-refractivity contribution >= 4 is 45.4 Å². The van der Waals surface area contributed by atoms with E-state index in [1.807, 2.05) is 17.9 Å². The van der Waals surface area contributed by atoms with Gasteiger partial charge in [-0.2, -0.15) is 0 Å². The first kappa shape index (κ1) is 19.1. The van der Waals surface area contributed by atoms with Crippen molar-refractivity contribution in [2.45, 2.75) is 33.6 Å². The van der Waals surface area contributed by atoms with Crippen LogP contribution in [0.25, 0.3) is 11.1 Å². The van der Waals surface area contributed by atoms with Crippen LogP contribution in [0.4, 0.5) is 5.00 Å². The SMILES string of the molecule is CCCN(CCC)C(=O)c1c(N)sc(C)c1-c1ccc(Cl)cc1Cl. The van der Waals surface area contributed by atoms with E-state index in [2.05, 4.69) is 13.8 Å². The Morgan fingerprint density at radius 3 is 2.38 bits per heavy atom. The molecule has 0 aliphatic rings. The number of anilines is 1. The van der Waals surface area contributed by atoms with Crippen molar-refractivity contribution in [2.75, 3.05) is 18.8 Å². The van der Waals surface area contributed by atoms with Crippen molar-refractivity contribution in [2.24, 2.45) is 0 Å². The summed E-state index contributed by atoms with van der Waals surface area (Å²) >= 11 is 13.8. The van der Waals surface area contributed by atoms with Crippen molar-refractivity contribution in [3.8, 4) is 11.1 Å². The summed E-state index contributed by atoms with van der Waals surface area (Å²) in [6.45, 7) is 7.52. The lowest BCUT2D eigenvalue weighted by molar-refractivity contribution is 0.0758. The van der Waals surface area contributed by atoms with E-state index in [-0.39, 0.29) is 5.91 Å². The van der Waals surface area contributed by atoms with Crippen LogP contribution in [-0.2, 0) is 0 Å². The highest BCUT2D eigenvalue weighted by Crippen LogP contribution is 2.42. The highest BCUT2D eigenvalue weighted by atomic mass is 35.5. The minimum atomic E-state index is -0.0263. The predicted molar refractivity (Wildman–Crippen MR) is 105 cm³/mol. The molecule has 1 heterocycles. The summed E-state index contributed by atoms with van der Waals surface area (Å²) in [5.41, 5.74) is 8.37. The van der Waals surface area contributed by atoms with Gasteiger partial charge >= 0.3 is 0 Å². The molecule has 24 heavy (non-hydrogen) atoms. The van der Waals surface area contributed by atoms with E-state index in [9.17, 15) is 4.79 Å². The zero-order valence-corrected chi connectivity index (χ0v) is 16.5. The lowest BCUT2D eigenvalue weighted by Crippen LogP contribution is -2.33. The zero-order valence-electron chi connectivity index (χ0n) is 14.2. The maximum atomic E-state index is 13.1. The van der Waals surface area contributed by atoms with Crippen LogP contribution in [0.1, 0.15) is 41.9 Å². The van der Waals surface area contributed by atoms with E-state index in [1.165, 1.54) is 11.3 Å². The van der Waals surface area contributed by atoms with Crippen molar-refractivity contribution < 1.29 is 4.79 Å². The van der Waals surface area contributed by atoms with Crippen LogP contribution in [0.5, 0.6) is 0 Å². The van der Waals surface area contributed by atoms with Crippen molar-refractivity contribution in [3.63, 3.8) is 0 Å². The third-order valence-electron chi connectivity index (χ3n) is 3.80. The highest BCUT2D eigenvalue weighted by molar-refractivity contribution is 7.16. The molecular weight excluding hydrogens is 363 g/mol. The molecule has 0 bridgehead atoms. The summed E-state index contributed by atoms with van der Waals surface area (Å²) in [5, 5.41) is 1.63. The third kappa shape index (κ3) is 3.88. The molecule has 1 amide bonds. The second kappa shape index (κ2) is 8.24. The first-order valence-corrected chi connectivity index (χ1v) is 9.61. The summed E-state index contributed by atoms with van der Waals surface area (Å²) in [4.78, 5) is 16.0. The van der Waals surface area contributed by atoms with E-state index in [0.29, 0.717) is 20.6 Å². The summed E-state index contributed by atoms with van der Waals surface area (Å²) in [6.07, 6.45) is 1.82. The minimum absolute atomic E-state index is 0.0263. The molecule has 2 aromatic rings. The van der Waals surface area contributed by atoms with Gasteiger partial charge in [0.2, 0.25) is 0 Å². The maximum absolute atomic E-state index is 13.1. The van der Waals surface area contributed by atoms with Gasteiger partial charge in [0, 0.05) is 39.1 Å². The summed E-state index contributed by atoms with van der Waals surface area (Å²) in [6, 6.07) is 5.32. The molecule has 0 fully saturated rings. The largest absolute Gasteiger partial charge is 0.390 e. The Labute approximate surface area is 157 Å². The second-order valence-electron chi connectivity index (χ2n) is 5.69. The van der Waals surface area contributed by atoms with Gasteiger partial charge in [-0.15, -0.1) is 11.3 Å². The van der Waals surface area contributed by atoms with Gasteiger partial charge in [0.05, 0.1) is 10.6 Å². The molecule has 1 aromatic carbocycles. The number of nitrogen functional groups attached to an aromatic ring is 1. The molecule has 2 N–H and O–H groups in total. The smallest absolute Gasteiger partial charge is 0.257 e. The molecule has 0 atom stereocenters. The van der Waals surface area contributed by atoms with Crippen LogP contribution in [0, 0.1) is 6.92 Å². The number of hydrogen-bond acceptors (Lipinski definition) is 3. The number of aryl methyl sites for hydroxylation is 1. The average Bonchev–Trinajstić information content (AvgIpc) is 2.81. The third-order valence-corrected chi connectivity index (χ3v) is 5.28. The summed E-state index contributed by atoms with van der Waals surface area (Å²) in [5.74, 6) is -0.0263. The quantitative estimate of drug-likeness (QED) is 0.675. The standard InChI is InChI=1S/C18H22Cl2N2OS/c1-4-8-22(9-5-2)18(23)16-15(11(3)24-17(16)21)13-7-6-12(19)10-14(13)20/h6-7,10H,4-5,8-9,21H2,1-3H3. The zero-order chi connectivity index (χ0) is 17.9. The Bertz CT molecular complexity index is 737. The number of rotatable bonds is 6. The molecule has 3 nitrogen and oxygen atoms in total. The molecule has 0 radical (unpaired) electrons. The van der Waals surface area contributed by atoms with Gasteiger partial charge in [-0.25, -0.2) is 0 Å². The van der Waals surface area contributed by atoms with E-state index >= 15 is 0 Å². The first-order chi connectivity index (χ1) is 11.4. The van der Waals surface area contributed by atoms with E-state index < -0.39 is 0 Å². The number of nitrogens with two attached hydrogens (primary N) is 1. The molecule has 2 rings (SSSR count). The second-order valence-corrected chi connectivity index (χ2v) is 7.79. The molecule has 130 valence electrons. The average molecular weight is 385 g/mol. The molecule has 0 unspecified atom stereocenters. The number of carbonyl (C=O) groups is 1. The number of thiophene rings is 1. The molecule has 6 heteroatoms. The van der Waals surface area contributed by atoms with Gasteiger partial charge in [-0.05, 0) is 31.9 Å². The fourth-order valence-corrected chi connectivity index (χ4v) is 4.25. The number of benzene rings is 1. The molecule has 0 saturated heterocycles. The summed E-state index contributed by atoms with van der Waals surface area (Å²) < 4.78 is 0. The number of nitrogens with zero attached hydrogens (tertiary/aromatic N) is 1. The Morgan fingerprint density at radius 2 is 1.83 bits per heavy atom. The van der Waals surface area contributed by atoms with Crippen molar-refractivity contribution in [3.05, 3.63) is 38.7 Å². The van der Waals surface area contributed by atoms with Gasteiger partial charge in [0.25, 0.3) is 5.91 Å². The van der Waals surface area contributed by atoms with Crippen LogP contribution in [-0.4, -0.2) is 23.9 Å². The van der Waals surface area contributed by atoms with E-state index in [1.54, 1.807) is 12.1 Å². The topological polar surface area (TPSA) is 46.3 Å². The Balaban J connectivity index is 2.57.